The molecule has 96 valence electrons. The largest absolute Gasteiger partial charge is 0.388 e. The van der Waals surface area contributed by atoms with E-state index in [-0.39, 0.29) is 5.84 Å². The lowest BCUT2D eigenvalue weighted by Gasteiger charge is -2.32. The first-order chi connectivity index (χ1) is 8.04. The fourth-order valence-corrected chi connectivity index (χ4v) is 2.88. The molecular formula is C13H23N3S. The van der Waals surface area contributed by atoms with Crippen molar-refractivity contribution >= 4 is 17.2 Å². The Labute approximate surface area is 108 Å². The number of nitrogens with two attached hydrogens (primary N) is 1. The van der Waals surface area contributed by atoms with Gasteiger partial charge in [-0.2, -0.15) is 0 Å². The Morgan fingerprint density at radius 2 is 2.29 bits per heavy atom. The molecule has 3 nitrogen and oxygen atoms in total. The quantitative estimate of drug-likeness (QED) is 0.580. The van der Waals surface area contributed by atoms with Crippen molar-refractivity contribution in [3.63, 3.8) is 0 Å². The zero-order valence-electron chi connectivity index (χ0n) is 10.9. The van der Waals surface area contributed by atoms with Crippen LogP contribution in [0.25, 0.3) is 0 Å². The molecule has 0 aliphatic rings. The third-order valence-electron chi connectivity index (χ3n) is 3.27. The molecule has 1 heterocycles. The third-order valence-corrected chi connectivity index (χ3v) is 4.17. The van der Waals surface area contributed by atoms with Gasteiger partial charge in [-0.3, -0.25) is 10.3 Å². The summed E-state index contributed by atoms with van der Waals surface area (Å²) in [7, 11) is 2.13. The molecule has 1 aromatic rings. The maximum absolute atomic E-state index is 7.41. The van der Waals surface area contributed by atoms with Gasteiger partial charge in [0.1, 0.15) is 0 Å². The van der Waals surface area contributed by atoms with Crippen molar-refractivity contribution in [2.75, 3.05) is 7.05 Å². The number of rotatable bonds is 7. The van der Waals surface area contributed by atoms with E-state index in [4.69, 9.17) is 11.1 Å². The molecule has 0 aliphatic heterocycles. The monoisotopic (exact) mass is 253 g/mol. The van der Waals surface area contributed by atoms with Crippen LogP contribution in [0.2, 0.25) is 0 Å². The van der Waals surface area contributed by atoms with Crippen molar-refractivity contribution in [2.24, 2.45) is 5.73 Å². The first-order valence-electron chi connectivity index (χ1n) is 6.11. The van der Waals surface area contributed by atoms with Crippen molar-refractivity contribution in [1.29, 1.82) is 5.41 Å². The topological polar surface area (TPSA) is 53.1 Å². The van der Waals surface area contributed by atoms with Gasteiger partial charge in [-0.05, 0) is 38.3 Å². The van der Waals surface area contributed by atoms with Crippen molar-refractivity contribution in [1.82, 2.24) is 4.90 Å². The minimum absolute atomic E-state index is 0.284. The van der Waals surface area contributed by atoms with E-state index in [1.807, 2.05) is 11.3 Å². The first kappa shape index (κ1) is 14.2. The molecule has 17 heavy (non-hydrogen) atoms. The van der Waals surface area contributed by atoms with E-state index in [0.717, 1.165) is 12.8 Å². The predicted molar refractivity (Wildman–Crippen MR) is 75.9 cm³/mol. The van der Waals surface area contributed by atoms with Gasteiger partial charge in [0.2, 0.25) is 0 Å². The summed E-state index contributed by atoms with van der Waals surface area (Å²) in [6, 6.07) is 5.14. The highest BCUT2D eigenvalue weighted by molar-refractivity contribution is 7.09. The Bertz CT molecular complexity index is 334. The standard InChI is InChI=1S/C13H23N3S/c1-4-11(9-13(14)15)16(3)10(2)8-12-6-5-7-17-12/h5-7,10-11H,4,8-9H2,1-3H3,(H3,14,15). The van der Waals surface area contributed by atoms with Crippen LogP contribution in [-0.4, -0.2) is 29.9 Å². The molecular weight excluding hydrogens is 230 g/mol. The zero-order valence-corrected chi connectivity index (χ0v) is 11.8. The highest BCUT2D eigenvalue weighted by Gasteiger charge is 2.19. The molecule has 0 fully saturated rings. The number of hydrogen-bond donors (Lipinski definition) is 2. The van der Waals surface area contributed by atoms with Crippen LogP contribution in [-0.2, 0) is 6.42 Å². The Morgan fingerprint density at radius 1 is 1.59 bits per heavy atom. The number of hydrogen-bond acceptors (Lipinski definition) is 3. The Balaban J connectivity index is 2.54. The molecule has 3 N–H and O–H groups in total. The Morgan fingerprint density at radius 3 is 2.76 bits per heavy atom. The van der Waals surface area contributed by atoms with Gasteiger partial charge in [-0.15, -0.1) is 11.3 Å². The van der Waals surface area contributed by atoms with Crippen molar-refractivity contribution in [3.8, 4) is 0 Å². The zero-order chi connectivity index (χ0) is 12.8. The minimum atomic E-state index is 0.284. The summed E-state index contributed by atoms with van der Waals surface area (Å²) in [5, 5.41) is 9.53. The van der Waals surface area contributed by atoms with Gasteiger partial charge in [-0.1, -0.05) is 13.0 Å². The average Bonchev–Trinajstić information content (AvgIpc) is 2.77. The van der Waals surface area contributed by atoms with E-state index in [0.29, 0.717) is 18.5 Å². The molecule has 0 bridgehead atoms. The van der Waals surface area contributed by atoms with Crippen LogP contribution in [0.3, 0.4) is 0 Å². The number of likely N-dealkylation sites (N-methyl/N-ethyl adjacent to an activating group) is 1. The molecule has 0 spiro atoms. The van der Waals surface area contributed by atoms with Crippen LogP contribution in [0, 0.1) is 5.41 Å². The van der Waals surface area contributed by atoms with Crippen LogP contribution in [0.5, 0.6) is 0 Å². The molecule has 0 radical (unpaired) electrons. The summed E-state index contributed by atoms with van der Waals surface area (Å²) in [6.45, 7) is 4.39. The van der Waals surface area contributed by atoms with Gasteiger partial charge in [0, 0.05) is 23.4 Å². The summed E-state index contributed by atoms with van der Waals surface area (Å²) in [5.41, 5.74) is 5.50. The normalized spacial score (nSPS) is 14.8. The summed E-state index contributed by atoms with van der Waals surface area (Å²) in [5.74, 6) is 0.284. The van der Waals surface area contributed by atoms with Crippen molar-refractivity contribution < 1.29 is 0 Å². The van der Waals surface area contributed by atoms with E-state index >= 15 is 0 Å². The van der Waals surface area contributed by atoms with Gasteiger partial charge in [0.25, 0.3) is 0 Å². The lowest BCUT2D eigenvalue weighted by Crippen LogP contribution is -2.41. The van der Waals surface area contributed by atoms with Crippen molar-refractivity contribution in [2.45, 2.75) is 45.2 Å². The number of amidine groups is 1. The van der Waals surface area contributed by atoms with E-state index in [9.17, 15) is 0 Å². The second kappa shape index (κ2) is 6.77. The van der Waals surface area contributed by atoms with Gasteiger partial charge in [-0.25, -0.2) is 0 Å². The molecule has 0 saturated heterocycles. The fourth-order valence-electron chi connectivity index (χ4n) is 2.05. The Hall–Kier alpha value is -0.870. The maximum atomic E-state index is 7.41. The molecule has 0 aromatic carbocycles. The lowest BCUT2D eigenvalue weighted by atomic mass is 10.1. The van der Waals surface area contributed by atoms with Gasteiger partial charge in [0.05, 0.1) is 5.84 Å². The van der Waals surface area contributed by atoms with Crippen LogP contribution in [0.1, 0.15) is 31.6 Å². The Kier molecular flexibility index (Phi) is 5.65. The molecule has 4 heteroatoms. The van der Waals surface area contributed by atoms with E-state index in [2.05, 4.69) is 43.3 Å². The third kappa shape index (κ3) is 4.48. The summed E-state index contributed by atoms with van der Waals surface area (Å²) in [6.07, 6.45) is 2.77. The fraction of sp³-hybridized carbons (Fsp3) is 0.615. The highest BCUT2D eigenvalue weighted by Crippen LogP contribution is 2.17. The van der Waals surface area contributed by atoms with Crippen LogP contribution < -0.4 is 5.73 Å². The second-order valence-corrected chi connectivity index (χ2v) is 5.62. The number of nitrogens with zero attached hydrogens (tertiary/aromatic N) is 1. The summed E-state index contributed by atoms with van der Waals surface area (Å²) in [4.78, 5) is 3.77. The molecule has 0 saturated carbocycles. The molecule has 0 amide bonds. The average molecular weight is 253 g/mol. The predicted octanol–water partition coefficient (Wildman–Crippen LogP) is 2.72. The molecule has 0 aliphatic carbocycles. The van der Waals surface area contributed by atoms with Gasteiger partial charge >= 0.3 is 0 Å². The maximum Gasteiger partial charge on any atom is 0.0921 e. The van der Waals surface area contributed by atoms with Crippen molar-refractivity contribution in [3.05, 3.63) is 22.4 Å². The smallest absolute Gasteiger partial charge is 0.0921 e. The molecule has 2 atom stereocenters. The number of thiophene rings is 1. The minimum Gasteiger partial charge on any atom is -0.388 e. The first-order valence-corrected chi connectivity index (χ1v) is 6.99. The molecule has 1 rings (SSSR count). The van der Waals surface area contributed by atoms with Crippen LogP contribution >= 0.6 is 11.3 Å². The van der Waals surface area contributed by atoms with Gasteiger partial charge in [0.15, 0.2) is 0 Å². The van der Waals surface area contributed by atoms with E-state index in [1.54, 1.807) is 0 Å². The van der Waals surface area contributed by atoms with Crippen LogP contribution in [0.15, 0.2) is 17.5 Å². The highest BCUT2D eigenvalue weighted by atomic mass is 32.1. The summed E-state index contributed by atoms with van der Waals surface area (Å²) < 4.78 is 0. The number of nitrogens with one attached hydrogen (secondary N) is 1. The molecule has 1 aromatic heterocycles. The lowest BCUT2D eigenvalue weighted by molar-refractivity contribution is 0.182. The van der Waals surface area contributed by atoms with E-state index in [1.165, 1.54) is 4.88 Å². The second-order valence-electron chi connectivity index (χ2n) is 4.59. The SMILES string of the molecule is CCC(CC(=N)N)N(C)C(C)Cc1cccs1. The van der Waals surface area contributed by atoms with Gasteiger partial charge < -0.3 is 5.73 Å². The van der Waals surface area contributed by atoms with E-state index < -0.39 is 0 Å². The van der Waals surface area contributed by atoms with Crippen LogP contribution in [0.4, 0.5) is 0 Å². The molecule has 2 unspecified atom stereocenters. The summed E-state index contributed by atoms with van der Waals surface area (Å²) >= 11 is 1.81.